The summed E-state index contributed by atoms with van der Waals surface area (Å²) in [6, 6.07) is 10.8. The number of rotatable bonds is 4. The van der Waals surface area contributed by atoms with Crippen LogP contribution in [0.5, 0.6) is 11.5 Å². The van der Waals surface area contributed by atoms with Crippen LogP contribution in [0.1, 0.15) is 34.8 Å². The Morgan fingerprint density at radius 1 is 1.29 bits per heavy atom. The predicted octanol–water partition coefficient (Wildman–Crippen LogP) is 2.86. The molecular weight excluding hydrogens is 398 g/mol. The van der Waals surface area contributed by atoms with E-state index in [9.17, 15) is 15.2 Å². The normalized spacial score (nSPS) is 19.4. The highest BCUT2D eigenvalue weighted by Gasteiger charge is 2.39. The first-order chi connectivity index (χ1) is 15.0. The molecule has 2 aliphatic heterocycles. The molecule has 31 heavy (non-hydrogen) atoms. The van der Waals surface area contributed by atoms with Crippen molar-refractivity contribution in [2.24, 2.45) is 5.16 Å². The van der Waals surface area contributed by atoms with Gasteiger partial charge in [-0.3, -0.25) is 4.79 Å². The van der Waals surface area contributed by atoms with Crippen molar-refractivity contribution >= 4 is 11.6 Å². The molecular formula is C23H23N3O5. The first-order valence-corrected chi connectivity index (χ1v) is 9.96. The van der Waals surface area contributed by atoms with Crippen LogP contribution in [0.3, 0.4) is 0 Å². The summed E-state index contributed by atoms with van der Waals surface area (Å²) in [5.74, 6) is 0.566. The van der Waals surface area contributed by atoms with Crippen LogP contribution >= 0.6 is 0 Å². The molecule has 160 valence electrons. The number of oxime groups is 1. The number of amides is 1. The maximum atomic E-state index is 13.4. The average Bonchev–Trinajstić information content (AvgIpc) is 3.41. The molecule has 1 N–H and O–H groups in total. The summed E-state index contributed by atoms with van der Waals surface area (Å²) in [5, 5.41) is 23.5. The van der Waals surface area contributed by atoms with Crippen molar-refractivity contribution < 1.29 is 24.2 Å². The van der Waals surface area contributed by atoms with Crippen LogP contribution in [0.4, 0.5) is 0 Å². The van der Waals surface area contributed by atoms with Gasteiger partial charge in [-0.15, -0.1) is 0 Å². The zero-order chi connectivity index (χ0) is 22.1. The second-order valence-corrected chi connectivity index (χ2v) is 7.60. The molecule has 0 bridgehead atoms. The molecule has 2 aromatic rings. The van der Waals surface area contributed by atoms with E-state index < -0.39 is 12.1 Å². The van der Waals surface area contributed by atoms with Crippen molar-refractivity contribution in [3.05, 3.63) is 47.0 Å². The van der Waals surface area contributed by atoms with Crippen molar-refractivity contribution in [3.63, 3.8) is 0 Å². The first kappa shape index (κ1) is 20.7. The molecule has 0 spiro atoms. The predicted molar refractivity (Wildman–Crippen MR) is 113 cm³/mol. The second kappa shape index (κ2) is 8.28. The number of nitriles is 1. The van der Waals surface area contributed by atoms with E-state index in [4.69, 9.17) is 14.3 Å². The van der Waals surface area contributed by atoms with Crippen LogP contribution in [0.25, 0.3) is 11.1 Å². The quantitative estimate of drug-likeness (QED) is 0.762. The summed E-state index contributed by atoms with van der Waals surface area (Å²) in [5.41, 5.74) is 4.06. The Balaban J connectivity index is 1.75. The molecule has 0 aliphatic carbocycles. The van der Waals surface area contributed by atoms with Crippen LogP contribution in [-0.2, 0) is 4.84 Å². The fourth-order valence-electron chi connectivity index (χ4n) is 4.16. The number of nitrogens with zero attached hydrogens (tertiary/aromatic N) is 3. The van der Waals surface area contributed by atoms with Crippen LogP contribution in [0, 0.1) is 18.3 Å². The summed E-state index contributed by atoms with van der Waals surface area (Å²) in [6.07, 6.45) is -0.288. The maximum absolute atomic E-state index is 13.4. The molecule has 2 atom stereocenters. The third-order valence-corrected chi connectivity index (χ3v) is 5.73. The van der Waals surface area contributed by atoms with E-state index in [1.165, 1.54) is 7.11 Å². The molecule has 1 amide bonds. The minimum Gasteiger partial charge on any atom is -0.453 e. The Bertz CT molecular complexity index is 1100. The van der Waals surface area contributed by atoms with Gasteiger partial charge in [-0.2, -0.15) is 5.26 Å². The number of carbonyl (C=O) groups is 1. The first-order valence-electron chi connectivity index (χ1n) is 9.96. The lowest BCUT2D eigenvalue weighted by atomic mass is 9.94. The number of carbonyl (C=O) groups excluding carboxylic acids is 1. The molecule has 0 radical (unpaired) electrons. The van der Waals surface area contributed by atoms with Crippen molar-refractivity contribution in [1.82, 2.24) is 4.90 Å². The molecule has 1 fully saturated rings. The van der Waals surface area contributed by atoms with E-state index in [1.807, 2.05) is 25.1 Å². The Morgan fingerprint density at radius 2 is 2.06 bits per heavy atom. The number of likely N-dealkylation sites (tertiary alicyclic amines) is 1. The van der Waals surface area contributed by atoms with E-state index in [0.29, 0.717) is 34.8 Å². The highest BCUT2D eigenvalue weighted by atomic mass is 16.7. The largest absolute Gasteiger partial charge is 0.453 e. The zero-order valence-corrected chi connectivity index (χ0v) is 17.6. The lowest BCUT2D eigenvalue weighted by Gasteiger charge is -2.26. The highest BCUT2D eigenvalue weighted by Crippen LogP contribution is 2.45. The lowest BCUT2D eigenvalue weighted by molar-refractivity contribution is 0.0534. The minimum absolute atomic E-state index is 0.000169. The van der Waals surface area contributed by atoms with Crippen molar-refractivity contribution in [1.29, 1.82) is 5.26 Å². The molecule has 2 heterocycles. The number of hydrogen-bond donors (Lipinski definition) is 1. The van der Waals surface area contributed by atoms with E-state index in [-0.39, 0.29) is 19.2 Å². The van der Waals surface area contributed by atoms with Crippen molar-refractivity contribution in [2.45, 2.75) is 32.4 Å². The van der Waals surface area contributed by atoms with Gasteiger partial charge in [-0.05, 0) is 43.2 Å². The molecule has 0 aromatic heterocycles. The van der Waals surface area contributed by atoms with E-state index in [0.717, 1.165) is 16.7 Å². The third kappa shape index (κ3) is 3.57. The molecule has 8 nitrogen and oxygen atoms in total. The van der Waals surface area contributed by atoms with Crippen LogP contribution in [0.2, 0.25) is 0 Å². The van der Waals surface area contributed by atoms with Gasteiger partial charge < -0.3 is 24.3 Å². The molecule has 0 unspecified atom stereocenters. The van der Waals surface area contributed by atoms with Crippen molar-refractivity contribution in [2.75, 3.05) is 20.4 Å². The lowest BCUT2D eigenvalue weighted by Crippen LogP contribution is -2.41. The fraction of sp³-hybridized carbons (Fsp3) is 0.348. The summed E-state index contributed by atoms with van der Waals surface area (Å²) in [4.78, 5) is 19.9. The molecule has 0 saturated carbocycles. The van der Waals surface area contributed by atoms with E-state index in [1.54, 1.807) is 24.0 Å². The summed E-state index contributed by atoms with van der Waals surface area (Å²) in [7, 11) is 1.45. The smallest absolute Gasteiger partial charge is 0.258 e. The molecule has 2 aliphatic rings. The SMILES string of the molecule is CO/N=C1\C[C@@H]([C@H](C)O)N(C(=O)c2ccc(-c3cccc(C#N)c3C)c3c2OCO3)C1. The molecule has 2 aromatic carbocycles. The zero-order valence-electron chi connectivity index (χ0n) is 17.6. The summed E-state index contributed by atoms with van der Waals surface area (Å²) in [6.45, 7) is 3.80. The van der Waals surface area contributed by atoms with Gasteiger partial charge >= 0.3 is 0 Å². The number of benzene rings is 2. The van der Waals surface area contributed by atoms with E-state index >= 15 is 0 Å². The van der Waals surface area contributed by atoms with Gasteiger partial charge in [0.15, 0.2) is 11.5 Å². The Morgan fingerprint density at radius 3 is 2.77 bits per heavy atom. The van der Waals surface area contributed by atoms with Gasteiger partial charge in [0.25, 0.3) is 5.91 Å². The van der Waals surface area contributed by atoms with Crippen LogP contribution in [0.15, 0.2) is 35.5 Å². The number of aliphatic hydroxyl groups is 1. The average molecular weight is 421 g/mol. The third-order valence-electron chi connectivity index (χ3n) is 5.73. The molecule has 8 heteroatoms. The summed E-state index contributed by atoms with van der Waals surface area (Å²) >= 11 is 0. The van der Waals surface area contributed by atoms with Gasteiger partial charge in [0.2, 0.25) is 6.79 Å². The van der Waals surface area contributed by atoms with Crippen LogP contribution in [-0.4, -0.2) is 54.2 Å². The Labute approximate surface area is 180 Å². The van der Waals surface area contributed by atoms with Crippen LogP contribution < -0.4 is 9.47 Å². The van der Waals surface area contributed by atoms with Gasteiger partial charge in [-0.25, -0.2) is 0 Å². The molecule has 1 saturated heterocycles. The summed E-state index contributed by atoms with van der Waals surface area (Å²) < 4.78 is 11.4. The number of ether oxygens (including phenoxy) is 2. The maximum Gasteiger partial charge on any atom is 0.258 e. The van der Waals surface area contributed by atoms with Gasteiger partial charge in [0.1, 0.15) is 7.11 Å². The van der Waals surface area contributed by atoms with Crippen molar-refractivity contribution in [3.8, 4) is 28.7 Å². The number of hydrogen-bond acceptors (Lipinski definition) is 7. The van der Waals surface area contributed by atoms with Gasteiger partial charge in [0.05, 0.1) is 41.6 Å². The monoisotopic (exact) mass is 421 g/mol. The molecule has 4 rings (SSSR count). The highest BCUT2D eigenvalue weighted by molar-refractivity contribution is 6.03. The van der Waals surface area contributed by atoms with Gasteiger partial charge in [-0.1, -0.05) is 17.3 Å². The second-order valence-electron chi connectivity index (χ2n) is 7.60. The van der Waals surface area contributed by atoms with E-state index in [2.05, 4.69) is 11.2 Å². The number of aliphatic hydroxyl groups excluding tert-OH is 1. The standard InChI is InChI=1S/C23H23N3O5/c1-13-15(10-24)5-4-6-17(13)18-7-8-19(22-21(18)30-12-31-22)23(28)26-11-16(25-29-3)9-20(26)14(2)27/h4-8,14,20,27H,9,11-12H2,1-3H3/b25-16+/t14-,20-/m0/s1. The Hall–Kier alpha value is -3.57. The fourth-order valence-corrected chi connectivity index (χ4v) is 4.16. The topological polar surface area (TPSA) is 104 Å². The van der Waals surface area contributed by atoms with Gasteiger partial charge in [0, 0.05) is 12.0 Å². The number of fused-ring (bicyclic) bond motifs is 1. The minimum atomic E-state index is -0.727. The Kier molecular flexibility index (Phi) is 5.53.